The van der Waals surface area contributed by atoms with Gasteiger partial charge in [0.05, 0.1) is 12.7 Å². The summed E-state index contributed by atoms with van der Waals surface area (Å²) >= 11 is 0. The average Bonchev–Trinajstić information content (AvgIpc) is 2.66. The molecule has 4 nitrogen and oxygen atoms in total. The molecule has 0 aliphatic rings. The summed E-state index contributed by atoms with van der Waals surface area (Å²) in [6.07, 6.45) is -0.766. The number of aliphatic hydroxyl groups is 1. The van der Waals surface area contributed by atoms with Crippen LogP contribution in [0.25, 0.3) is 10.8 Å². The summed E-state index contributed by atoms with van der Waals surface area (Å²) < 4.78 is 5.37. The Hall–Kier alpha value is -2.85. The van der Waals surface area contributed by atoms with Gasteiger partial charge in [0, 0.05) is 12.1 Å². The topological polar surface area (TPSA) is 58.6 Å². The average molecular weight is 335 g/mol. The van der Waals surface area contributed by atoms with Gasteiger partial charge in [0.15, 0.2) is 0 Å². The molecule has 1 unspecified atom stereocenters. The Balaban J connectivity index is 1.67. The van der Waals surface area contributed by atoms with E-state index in [-0.39, 0.29) is 12.5 Å². The molecule has 3 rings (SSSR count). The van der Waals surface area contributed by atoms with Crippen LogP contribution in [0.5, 0.6) is 5.75 Å². The Morgan fingerprint density at radius 3 is 2.52 bits per heavy atom. The van der Waals surface area contributed by atoms with Crippen molar-refractivity contribution in [2.75, 3.05) is 13.2 Å². The highest BCUT2D eigenvalue weighted by atomic mass is 16.5. The number of carbonyl (C=O) groups excluding carboxylic acids is 1. The lowest BCUT2D eigenvalue weighted by Gasteiger charge is -2.15. The van der Waals surface area contributed by atoms with Gasteiger partial charge in [-0.1, -0.05) is 42.5 Å². The van der Waals surface area contributed by atoms with Crippen molar-refractivity contribution in [1.82, 2.24) is 5.32 Å². The fraction of sp³-hybridized carbons (Fsp3) is 0.190. The van der Waals surface area contributed by atoms with E-state index in [2.05, 4.69) is 5.32 Å². The number of nitrogens with one attached hydrogen (secondary N) is 1. The predicted molar refractivity (Wildman–Crippen MR) is 98.9 cm³/mol. The Morgan fingerprint density at radius 2 is 1.76 bits per heavy atom. The first kappa shape index (κ1) is 17.0. The summed E-state index contributed by atoms with van der Waals surface area (Å²) in [6.45, 7) is 2.65. The van der Waals surface area contributed by atoms with Gasteiger partial charge in [-0.05, 0) is 47.5 Å². The van der Waals surface area contributed by atoms with Gasteiger partial charge >= 0.3 is 0 Å². The zero-order valence-corrected chi connectivity index (χ0v) is 14.1. The van der Waals surface area contributed by atoms with E-state index < -0.39 is 6.10 Å². The van der Waals surface area contributed by atoms with Crippen molar-refractivity contribution in [2.45, 2.75) is 13.0 Å². The molecule has 4 heteroatoms. The molecule has 128 valence electrons. The minimum atomic E-state index is -0.766. The molecule has 0 saturated carbocycles. The molecule has 3 aromatic rings. The molecule has 0 spiro atoms. The quantitative estimate of drug-likeness (QED) is 0.722. The van der Waals surface area contributed by atoms with Crippen LogP contribution in [0, 0.1) is 0 Å². The van der Waals surface area contributed by atoms with Crippen LogP contribution in [-0.4, -0.2) is 24.2 Å². The number of carbonyl (C=O) groups is 1. The molecule has 0 radical (unpaired) electrons. The molecule has 0 fully saturated rings. The number of hydrogen-bond donors (Lipinski definition) is 2. The van der Waals surface area contributed by atoms with Crippen LogP contribution in [0.2, 0.25) is 0 Å². The number of hydrogen-bond acceptors (Lipinski definition) is 3. The van der Waals surface area contributed by atoms with Crippen molar-refractivity contribution in [3.8, 4) is 5.75 Å². The first-order valence-corrected chi connectivity index (χ1v) is 8.36. The lowest BCUT2D eigenvalue weighted by atomic mass is 10.0. The molecule has 0 aromatic heterocycles. The van der Waals surface area contributed by atoms with Gasteiger partial charge in [-0.2, -0.15) is 0 Å². The van der Waals surface area contributed by atoms with Crippen LogP contribution in [0.4, 0.5) is 0 Å². The van der Waals surface area contributed by atoms with E-state index in [4.69, 9.17) is 4.74 Å². The molecule has 3 aromatic carbocycles. The number of amides is 1. The maximum atomic E-state index is 12.3. The summed E-state index contributed by atoms with van der Waals surface area (Å²) in [5.41, 5.74) is 1.35. The van der Waals surface area contributed by atoms with Gasteiger partial charge in [0.25, 0.3) is 5.91 Å². The maximum Gasteiger partial charge on any atom is 0.251 e. The first-order chi connectivity index (χ1) is 12.2. The number of fused-ring (bicyclic) bond motifs is 1. The second-order valence-corrected chi connectivity index (χ2v) is 5.75. The number of benzene rings is 3. The molecule has 0 aliphatic carbocycles. The normalized spacial score (nSPS) is 11.9. The smallest absolute Gasteiger partial charge is 0.251 e. The molecule has 25 heavy (non-hydrogen) atoms. The highest BCUT2D eigenvalue weighted by molar-refractivity contribution is 5.94. The van der Waals surface area contributed by atoms with Crippen LogP contribution >= 0.6 is 0 Å². The molecule has 0 saturated heterocycles. The van der Waals surface area contributed by atoms with Gasteiger partial charge < -0.3 is 15.2 Å². The van der Waals surface area contributed by atoms with E-state index in [0.29, 0.717) is 12.2 Å². The van der Waals surface area contributed by atoms with Crippen LogP contribution in [0.1, 0.15) is 28.9 Å². The van der Waals surface area contributed by atoms with Crippen molar-refractivity contribution in [1.29, 1.82) is 0 Å². The zero-order valence-electron chi connectivity index (χ0n) is 14.1. The van der Waals surface area contributed by atoms with E-state index in [1.165, 1.54) is 0 Å². The molecular weight excluding hydrogens is 314 g/mol. The van der Waals surface area contributed by atoms with Crippen LogP contribution in [0.3, 0.4) is 0 Å². The summed E-state index contributed by atoms with van der Waals surface area (Å²) in [5, 5.41) is 15.3. The molecule has 0 bridgehead atoms. The maximum absolute atomic E-state index is 12.3. The van der Waals surface area contributed by atoms with Gasteiger partial charge in [-0.3, -0.25) is 4.79 Å². The minimum absolute atomic E-state index is 0.153. The van der Waals surface area contributed by atoms with E-state index in [1.54, 1.807) is 24.3 Å². The second kappa shape index (κ2) is 7.81. The molecule has 0 aliphatic heterocycles. The van der Waals surface area contributed by atoms with E-state index in [9.17, 15) is 9.90 Å². The highest BCUT2D eigenvalue weighted by Gasteiger charge is 2.13. The summed E-state index contributed by atoms with van der Waals surface area (Å²) in [4.78, 5) is 12.3. The summed E-state index contributed by atoms with van der Waals surface area (Å²) in [6, 6.07) is 20.6. The number of aliphatic hydroxyl groups excluding tert-OH is 1. The van der Waals surface area contributed by atoms with Crippen LogP contribution in [0.15, 0.2) is 66.7 Å². The van der Waals surface area contributed by atoms with Crippen molar-refractivity contribution < 1.29 is 14.6 Å². The third-order valence-corrected chi connectivity index (χ3v) is 4.07. The van der Waals surface area contributed by atoms with Gasteiger partial charge in [-0.15, -0.1) is 0 Å². The number of rotatable bonds is 6. The van der Waals surface area contributed by atoms with Crippen molar-refractivity contribution in [2.24, 2.45) is 0 Å². The summed E-state index contributed by atoms with van der Waals surface area (Å²) in [7, 11) is 0. The number of ether oxygens (including phenoxy) is 1. The Bertz CT molecular complexity index is 853. The Kier molecular flexibility index (Phi) is 5.31. The second-order valence-electron chi connectivity index (χ2n) is 5.75. The lowest BCUT2D eigenvalue weighted by molar-refractivity contribution is 0.0917. The Labute approximate surface area is 147 Å². The summed E-state index contributed by atoms with van der Waals surface area (Å²) in [5.74, 6) is 0.511. The fourth-order valence-electron chi connectivity index (χ4n) is 2.81. The lowest BCUT2D eigenvalue weighted by Crippen LogP contribution is -2.28. The van der Waals surface area contributed by atoms with E-state index in [0.717, 1.165) is 22.1 Å². The van der Waals surface area contributed by atoms with Crippen molar-refractivity contribution in [3.05, 3.63) is 77.9 Å². The predicted octanol–water partition coefficient (Wildman–Crippen LogP) is 3.70. The van der Waals surface area contributed by atoms with Gasteiger partial charge in [0.2, 0.25) is 0 Å². The van der Waals surface area contributed by atoms with E-state index >= 15 is 0 Å². The standard InChI is InChI=1S/C21H21NO3/c1-2-25-17-12-10-16(11-13-17)21(24)22-14-20(23)19-9-5-7-15-6-3-4-8-18(15)19/h3-13,20,23H,2,14H2,1H3,(H,22,24). The van der Waals surface area contributed by atoms with Gasteiger partial charge in [-0.25, -0.2) is 0 Å². The fourth-order valence-corrected chi connectivity index (χ4v) is 2.81. The van der Waals surface area contributed by atoms with Crippen LogP contribution < -0.4 is 10.1 Å². The van der Waals surface area contributed by atoms with Gasteiger partial charge in [0.1, 0.15) is 5.75 Å². The highest BCUT2D eigenvalue weighted by Crippen LogP contribution is 2.24. The minimum Gasteiger partial charge on any atom is -0.494 e. The zero-order chi connectivity index (χ0) is 17.6. The molecule has 1 atom stereocenters. The molecule has 1 amide bonds. The van der Waals surface area contributed by atoms with Crippen molar-refractivity contribution in [3.63, 3.8) is 0 Å². The largest absolute Gasteiger partial charge is 0.494 e. The molecule has 2 N–H and O–H groups in total. The third kappa shape index (κ3) is 3.98. The van der Waals surface area contributed by atoms with Crippen LogP contribution in [-0.2, 0) is 0 Å². The third-order valence-electron chi connectivity index (χ3n) is 4.07. The first-order valence-electron chi connectivity index (χ1n) is 8.36. The SMILES string of the molecule is CCOc1ccc(C(=O)NCC(O)c2cccc3ccccc23)cc1. The molecule has 0 heterocycles. The molecular formula is C21H21NO3. The van der Waals surface area contributed by atoms with E-state index in [1.807, 2.05) is 49.4 Å². The Morgan fingerprint density at radius 1 is 1.04 bits per heavy atom. The van der Waals surface area contributed by atoms with Crippen molar-refractivity contribution >= 4 is 16.7 Å². The monoisotopic (exact) mass is 335 g/mol.